The number of rotatable bonds is 13. The molecule has 12 heteroatoms. The monoisotopic (exact) mass is 701 g/mol. The number of hydrogen-bond acceptors (Lipinski definition) is 9. The number of carbonyl (C=O) groups is 3. The van der Waals surface area contributed by atoms with Crippen molar-refractivity contribution < 1.29 is 23.9 Å². The lowest BCUT2D eigenvalue weighted by molar-refractivity contribution is -0.153. The summed E-state index contributed by atoms with van der Waals surface area (Å²) < 4.78 is 12.9. The Morgan fingerprint density at radius 3 is 1.98 bits per heavy atom. The van der Waals surface area contributed by atoms with E-state index in [1.807, 2.05) is 125 Å². The predicted molar refractivity (Wildman–Crippen MR) is 199 cm³/mol. The van der Waals surface area contributed by atoms with Gasteiger partial charge in [0.15, 0.2) is 6.73 Å². The number of aryl methyl sites for hydroxylation is 2. The number of aromatic nitrogens is 2. The lowest BCUT2D eigenvalue weighted by Crippen LogP contribution is -2.39. The first-order valence-corrected chi connectivity index (χ1v) is 17.6. The first-order valence-electron chi connectivity index (χ1n) is 16.9. The molecule has 0 aliphatic rings. The van der Waals surface area contributed by atoms with Crippen LogP contribution >= 0.6 is 11.5 Å². The highest BCUT2D eigenvalue weighted by atomic mass is 32.1. The second-order valence-electron chi connectivity index (χ2n) is 11.9. The summed E-state index contributed by atoms with van der Waals surface area (Å²) in [4.78, 5) is 55.0. The van der Waals surface area contributed by atoms with Gasteiger partial charge in [0.25, 0.3) is 12.4 Å². The molecule has 3 aromatic rings. The third-order valence-electron chi connectivity index (χ3n) is 6.60. The minimum atomic E-state index is -0.468. The van der Waals surface area contributed by atoms with Crippen molar-refractivity contribution in [2.45, 2.75) is 106 Å². The SMILES string of the molecule is CC.CC.CC(C)(C)OC=O.CNCCCCC(C(=O)OCn1c(=NC(=O)c2ccc(C)cc2)sn(Cc2ccc(C)cc2)c1=O)N(C)C. The molecule has 2 aromatic carbocycles. The lowest BCUT2D eigenvalue weighted by atomic mass is 10.1. The second-order valence-corrected chi connectivity index (χ2v) is 12.9. The van der Waals surface area contributed by atoms with Crippen LogP contribution in [0.4, 0.5) is 0 Å². The van der Waals surface area contributed by atoms with Crippen molar-refractivity contribution in [3.05, 3.63) is 86.1 Å². The highest BCUT2D eigenvalue weighted by Gasteiger charge is 2.23. The van der Waals surface area contributed by atoms with Gasteiger partial charge in [-0.25, -0.2) is 13.3 Å². The van der Waals surface area contributed by atoms with Crippen molar-refractivity contribution in [2.75, 3.05) is 27.7 Å². The third kappa shape index (κ3) is 17.4. The highest BCUT2D eigenvalue weighted by molar-refractivity contribution is 7.03. The second kappa shape index (κ2) is 24.3. The zero-order valence-electron chi connectivity index (χ0n) is 31.7. The zero-order valence-corrected chi connectivity index (χ0v) is 32.5. The minimum absolute atomic E-state index is 0.177. The van der Waals surface area contributed by atoms with Gasteiger partial charge in [-0.15, -0.1) is 0 Å². The van der Waals surface area contributed by atoms with Crippen molar-refractivity contribution in [1.82, 2.24) is 18.7 Å². The molecule has 11 nitrogen and oxygen atoms in total. The molecule has 0 bridgehead atoms. The van der Waals surface area contributed by atoms with E-state index in [1.165, 1.54) is 8.52 Å². The van der Waals surface area contributed by atoms with Crippen LogP contribution in [0, 0.1) is 13.8 Å². The van der Waals surface area contributed by atoms with E-state index in [1.54, 1.807) is 12.1 Å². The van der Waals surface area contributed by atoms with E-state index >= 15 is 0 Å². The number of carbonyl (C=O) groups excluding carboxylic acids is 3. The van der Waals surface area contributed by atoms with Gasteiger partial charge in [0.2, 0.25) is 4.80 Å². The largest absolute Gasteiger partial charge is 0.462 e. The van der Waals surface area contributed by atoms with Crippen molar-refractivity contribution >= 4 is 29.9 Å². The number of unbranched alkanes of at least 4 members (excludes halogenated alkanes) is 1. The van der Waals surface area contributed by atoms with E-state index in [0.29, 0.717) is 25.0 Å². The van der Waals surface area contributed by atoms with Crippen molar-refractivity contribution in [1.29, 1.82) is 0 Å². The normalized spacial score (nSPS) is 11.6. The van der Waals surface area contributed by atoms with E-state index in [4.69, 9.17) is 4.74 Å². The first-order chi connectivity index (χ1) is 23.2. The molecular formula is C37H59N5O6S. The van der Waals surface area contributed by atoms with Gasteiger partial charge >= 0.3 is 11.7 Å². The molecule has 0 fully saturated rings. The summed E-state index contributed by atoms with van der Waals surface area (Å²) in [5.41, 5.74) is 2.79. The van der Waals surface area contributed by atoms with Gasteiger partial charge in [-0.3, -0.25) is 19.3 Å². The number of ether oxygens (including phenoxy) is 2. The van der Waals surface area contributed by atoms with Crippen LogP contribution in [0.3, 0.4) is 0 Å². The summed E-state index contributed by atoms with van der Waals surface area (Å²) in [5, 5.41) is 3.10. The number of nitrogens with one attached hydrogen (secondary N) is 1. The Bertz CT molecular complexity index is 1500. The van der Waals surface area contributed by atoms with E-state index in [9.17, 15) is 19.2 Å². The summed E-state index contributed by atoms with van der Waals surface area (Å²) in [7, 11) is 5.56. The van der Waals surface area contributed by atoms with Crippen LogP contribution in [-0.2, 0) is 32.3 Å². The quantitative estimate of drug-likeness (QED) is 0.132. The molecule has 0 radical (unpaired) electrons. The Hall–Kier alpha value is -3.87. The van der Waals surface area contributed by atoms with E-state index < -0.39 is 23.6 Å². The van der Waals surface area contributed by atoms with Gasteiger partial charge in [-0.1, -0.05) is 81.6 Å². The number of hydrogen-bond donors (Lipinski definition) is 1. The van der Waals surface area contributed by atoms with Crippen molar-refractivity contribution in [3.8, 4) is 0 Å². The maximum absolute atomic E-state index is 13.3. The van der Waals surface area contributed by atoms with Crippen LogP contribution in [-0.4, -0.2) is 71.1 Å². The molecule has 1 N–H and O–H groups in total. The topological polar surface area (TPSA) is 124 Å². The molecule has 49 heavy (non-hydrogen) atoms. The summed E-state index contributed by atoms with van der Waals surface area (Å²) in [6.45, 7) is 18.7. The molecule has 0 saturated carbocycles. The number of esters is 1. The highest BCUT2D eigenvalue weighted by Crippen LogP contribution is 2.10. The first kappa shape index (κ1) is 45.1. The molecule has 1 heterocycles. The molecule has 0 spiro atoms. The average Bonchev–Trinajstić information content (AvgIpc) is 3.35. The number of likely N-dealkylation sites (N-methyl/N-ethyl adjacent to an activating group) is 1. The molecule has 274 valence electrons. The number of benzene rings is 2. The Morgan fingerprint density at radius 2 is 1.51 bits per heavy atom. The van der Waals surface area contributed by atoms with Gasteiger partial charge in [-0.05, 0) is 104 Å². The number of amides is 1. The third-order valence-corrected chi connectivity index (χ3v) is 7.58. The molecular weight excluding hydrogens is 643 g/mol. The molecule has 1 aromatic heterocycles. The molecule has 0 saturated heterocycles. The van der Waals surface area contributed by atoms with Crippen LogP contribution < -0.4 is 15.8 Å². The number of nitrogens with zero attached hydrogens (tertiary/aromatic N) is 4. The fraction of sp³-hybridized carbons (Fsp3) is 0.541. The molecule has 0 aliphatic carbocycles. The zero-order chi connectivity index (χ0) is 37.6. The van der Waals surface area contributed by atoms with Gasteiger partial charge < -0.3 is 14.8 Å². The molecule has 1 atom stereocenters. The fourth-order valence-corrected chi connectivity index (χ4v) is 4.94. The standard InChI is InChI=1S/C28H37N5O4S.C5H10O2.2C2H6/c1-20-9-13-22(14-10-20)18-33-28(36)32(19-37-26(35)24(31(4)5)8-6-7-17-29-3)27(38-33)30-25(34)23-15-11-21(2)12-16-23;1-5(2,3)7-4-6;2*1-2/h9-16,24,29H,6-8,17-19H2,1-5H3;4H,1-3H3;2*1-2H3. The maximum Gasteiger partial charge on any atom is 0.342 e. The van der Waals surface area contributed by atoms with E-state index in [2.05, 4.69) is 15.0 Å². The van der Waals surface area contributed by atoms with Crippen LogP contribution in [0.2, 0.25) is 0 Å². The van der Waals surface area contributed by atoms with Gasteiger partial charge in [0, 0.05) is 5.56 Å². The van der Waals surface area contributed by atoms with Gasteiger partial charge in [0.05, 0.1) is 6.54 Å². The lowest BCUT2D eigenvalue weighted by Gasteiger charge is -2.22. The smallest absolute Gasteiger partial charge is 0.342 e. The Kier molecular flexibility index (Phi) is 22.4. The summed E-state index contributed by atoms with van der Waals surface area (Å²) in [6, 6.07) is 14.5. The molecule has 3 rings (SSSR count). The maximum atomic E-state index is 13.3. The Labute approximate surface area is 297 Å². The van der Waals surface area contributed by atoms with Crippen LogP contribution in [0.15, 0.2) is 58.3 Å². The Morgan fingerprint density at radius 1 is 0.959 bits per heavy atom. The minimum Gasteiger partial charge on any atom is -0.462 e. The summed E-state index contributed by atoms with van der Waals surface area (Å²) in [6.07, 6.45) is 2.45. The van der Waals surface area contributed by atoms with Crippen molar-refractivity contribution in [2.24, 2.45) is 4.99 Å². The van der Waals surface area contributed by atoms with E-state index in [0.717, 1.165) is 47.6 Å². The predicted octanol–water partition coefficient (Wildman–Crippen LogP) is 5.95. The van der Waals surface area contributed by atoms with Crippen LogP contribution in [0.25, 0.3) is 0 Å². The van der Waals surface area contributed by atoms with Crippen molar-refractivity contribution in [3.63, 3.8) is 0 Å². The van der Waals surface area contributed by atoms with Gasteiger partial charge in [0.1, 0.15) is 11.6 Å². The molecule has 1 unspecified atom stereocenters. The average molecular weight is 702 g/mol. The van der Waals surface area contributed by atoms with E-state index in [-0.39, 0.29) is 17.1 Å². The van der Waals surface area contributed by atoms with Crippen LogP contribution in [0.5, 0.6) is 0 Å². The van der Waals surface area contributed by atoms with Crippen LogP contribution in [0.1, 0.15) is 94.8 Å². The summed E-state index contributed by atoms with van der Waals surface area (Å²) >= 11 is 1.07. The Balaban J connectivity index is 0.00000183. The molecule has 0 aliphatic heterocycles. The molecule has 1 amide bonds. The van der Waals surface area contributed by atoms with Gasteiger partial charge in [-0.2, -0.15) is 4.99 Å². The summed E-state index contributed by atoms with van der Waals surface area (Å²) in [5.74, 6) is -0.886. The fourth-order valence-electron chi connectivity index (χ4n) is 4.00.